The lowest BCUT2D eigenvalue weighted by atomic mass is 10.1. The zero-order chi connectivity index (χ0) is 16.1. The average molecular weight is 318 g/mol. The standard InChI is InChI=1S/C17H22N2O2S/c1-12-13(2)22-11-10-19(12)17(21)9-6-15-4-7-16(8-5-15)18-14(3)20/h4-9,12-13H,10-11H2,1-3H3,(H,18,20)/b9-6+/t12-,13-/m0/s1. The van der Waals surface area contributed by atoms with E-state index in [9.17, 15) is 9.59 Å². The smallest absolute Gasteiger partial charge is 0.246 e. The second-order valence-corrected chi connectivity index (χ2v) is 6.97. The van der Waals surface area contributed by atoms with E-state index in [0.29, 0.717) is 5.25 Å². The molecule has 0 spiro atoms. The van der Waals surface area contributed by atoms with Crippen LogP contribution >= 0.6 is 11.8 Å². The monoisotopic (exact) mass is 318 g/mol. The van der Waals surface area contributed by atoms with Crippen LogP contribution < -0.4 is 5.32 Å². The Morgan fingerprint density at radius 2 is 1.95 bits per heavy atom. The Hall–Kier alpha value is -1.75. The molecule has 2 atom stereocenters. The van der Waals surface area contributed by atoms with Crippen LogP contribution in [0.1, 0.15) is 26.3 Å². The van der Waals surface area contributed by atoms with E-state index >= 15 is 0 Å². The van der Waals surface area contributed by atoms with Crippen molar-refractivity contribution in [2.75, 3.05) is 17.6 Å². The van der Waals surface area contributed by atoms with Gasteiger partial charge in [0.25, 0.3) is 0 Å². The fraction of sp³-hybridized carbons (Fsp3) is 0.412. The molecule has 1 heterocycles. The van der Waals surface area contributed by atoms with Crippen LogP contribution in [0.2, 0.25) is 0 Å². The lowest BCUT2D eigenvalue weighted by Gasteiger charge is -2.36. The second-order valence-electron chi connectivity index (χ2n) is 5.48. The maximum absolute atomic E-state index is 12.3. The third-order valence-electron chi connectivity index (χ3n) is 3.82. The number of benzene rings is 1. The molecule has 0 aliphatic carbocycles. The number of hydrogen-bond donors (Lipinski definition) is 1. The number of anilines is 1. The summed E-state index contributed by atoms with van der Waals surface area (Å²) in [5, 5.41) is 3.19. The van der Waals surface area contributed by atoms with Gasteiger partial charge in [-0.2, -0.15) is 11.8 Å². The van der Waals surface area contributed by atoms with Gasteiger partial charge >= 0.3 is 0 Å². The minimum absolute atomic E-state index is 0.0607. The summed E-state index contributed by atoms with van der Waals surface area (Å²) in [6, 6.07) is 7.68. The van der Waals surface area contributed by atoms with Crippen LogP contribution in [0.3, 0.4) is 0 Å². The van der Waals surface area contributed by atoms with Gasteiger partial charge < -0.3 is 10.2 Å². The van der Waals surface area contributed by atoms with Crippen molar-refractivity contribution in [3.05, 3.63) is 35.9 Å². The zero-order valence-corrected chi connectivity index (χ0v) is 14.0. The Labute approximate surface area is 136 Å². The van der Waals surface area contributed by atoms with Crippen LogP contribution in [0.25, 0.3) is 6.08 Å². The quantitative estimate of drug-likeness (QED) is 0.872. The molecule has 1 saturated heterocycles. The molecule has 0 bridgehead atoms. The summed E-state index contributed by atoms with van der Waals surface area (Å²) in [4.78, 5) is 25.2. The fourth-order valence-electron chi connectivity index (χ4n) is 2.39. The summed E-state index contributed by atoms with van der Waals surface area (Å²) in [5.41, 5.74) is 1.70. The molecule has 1 aromatic rings. The van der Waals surface area contributed by atoms with Crippen LogP contribution in [0.4, 0.5) is 5.69 Å². The van der Waals surface area contributed by atoms with Crippen molar-refractivity contribution < 1.29 is 9.59 Å². The van der Waals surface area contributed by atoms with Crippen LogP contribution in [0, 0.1) is 0 Å². The van der Waals surface area contributed by atoms with Crippen molar-refractivity contribution in [1.82, 2.24) is 4.90 Å². The van der Waals surface area contributed by atoms with E-state index in [-0.39, 0.29) is 17.9 Å². The largest absolute Gasteiger partial charge is 0.335 e. The van der Waals surface area contributed by atoms with Gasteiger partial charge in [0.1, 0.15) is 0 Å². The predicted molar refractivity (Wildman–Crippen MR) is 92.9 cm³/mol. The number of amides is 2. The van der Waals surface area contributed by atoms with Gasteiger partial charge in [-0.15, -0.1) is 0 Å². The Morgan fingerprint density at radius 3 is 2.59 bits per heavy atom. The number of thioether (sulfide) groups is 1. The molecule has 1 aromatic carbocycles. The molecule has 0 saturated carbocycles. The van der Waals surface area contributed by atoms with E-state index in [1.807, 2.05) is 47.0 Å². The van der Waals surface area contributed by atoms with E-state index in [2.05, 4.69) is 19.2 Å². The van der Waals surface area contributed by atoms with Crippen molar-refractivity contribution in [1.29, 1.82) is 0 Å². The first kappa shape index (κ1) is 16.6. The van der Waals surface area contributed by atoms with Crippen molar-refractivity contribution in [3.8, 4) is 0 Å². The van der Waals surface area contributed by atoms with E-state index in [0.717, 1.165) is 23.5 Å². The average Bonchev–Trinajstić information content (AvgIpc) is 2.48. The second kappa shape index (κ2) is 7.49. The molecule has 1 aliphatic heterocycles. The molecule has 1 fully saturated rings. The molecular formula is C17H22N2O2S. The number of hydrogen-bond acceptors (Lipinski definition) is 3. The molecule has 5 heteroatoms. The maximum Gasteiger partial charge on any atom is 0.246 e. The highest BCUT2D eigenvalue weighted by molar-refractivity contribution is 8.00. The van der Waals surface area contributed by atoms with Gasteiger partial charge in [-0.05, 0) is 30.7 Å². The molecule has 4 nitrogen and oxygen atoms in total. The Bertz CT molecular complexity index is 569. The van der Waals surface area contributed by atoms with E-state index in [1.165, 1.54) is 6.92 Å². The maximum atomic E-state index is 12.3. The lowest BCUT2D eigenvalue weighted by molar-refractivity contribution is -0.127. The van der Waals surface area contributed by atoms with Crippen LogP contribution in [-0.2, 0) is 9.59 Å². The Balaban J connectivity index is 1.98. The van der Waals surface area contributed by atoms with Gasteiger partial charge in [0.2, 0.25) is 11.8 Å². The number of rotatable bonds is 3. The third-order valence-corrected chi connectivity index (χ3v) is 5.15. The first-order valence-corrected chi connectivity index (χ1v) is 8.50. The molecule has 0 aromatic heterocycles. The molecule has 2 rings (SSSR count). The topological polar surface area (TPSA) is 49.4 Å². The normalized spacial score (nSPS) is 21.9. The zero-order valence-electron chi connectivity index (χ0n) is 13.2. The van der Waals surface area contributed by atoms with E-state index in [4.69, 9.17) is 0 Å². The summed E-state index contributed by atoms with van der Waals surface area (Å²) in [5.74, 6) is 0.964. The van der Waals surface area contributed by atoms with Crippen LogP contribution in [0.5, 0.6) is 0 Å². The Morgan fingerprint density at radius 1 is 1.27 bits per heavy atom. The highest BCUT2D eigenvalue weighted by Gasteiger charge is 2.27. The van der Waals surface area contributed by atoms with Gasteiger partial charge in [0.15, 0.2) is 0 Å². The lowest BCUT2D eigenvalue weighted by Crippen LogP contribution is -2.47. The minimum atomic E-state index is -0.0930. The van der Waals surface area contributed by atoms with Gasteiger partial charge in [0, 0.05) is 42.3 Å². The molecule has 118 valence electrons. The van der Waals surface area contributed by atoms with Gasteiger partial charge in [-0.1, -0.05) is 19.1 Å². The van der Waals surface area contributed by atoms with Crippen molar-refractivity contribution >= 4 is 35.3 Å². The van der Waals surface area contributed by atoms with Gasteiger partial charge in [-0.3, -0.25) is 9.59 Å². The molecule has 1 aliphatic rings. The molecule has 1 N–H and O–H groups in total. The molecule has 22 heavy (non-hydrogen) atoms. The van der Waals surface area contributed by atoms with E-state index < -0.39 is 0 Å². The summed E-state index contributed by atoms with van der Waals surface area (Å²) in [6.45, 7) is 6.55. The van der Waals surface area contributed by atoms with Gasteiger partial charge in [-0.25, -0.2) is 0 Å². The molecule has 0 radical (unpaired) electrons. The summed E-state index contributed by atoms with van der Waals surface area (Å²) in [6.07, 6.45) is 3.45. The SMILES string of the molecule is CC(=O)Nc1ccc(/C=C/C(=O)N2CCS[C@@H](C)[C@@H]2C)cc1. The fourth-order valence-corrected chi connectivity index (χ4v) is 3.49. The van der Waals surface area contributed by atoms with Crippen molar-refractivity contribution in [2.24, 2.45) is 0 Å². The van der Waals surface area contributed by atoms with Crippen LogP contribution in [0.15, 0.2) is 30.3 Å². The summed E-state index contributed by atoms with van der Waals surface area (Å²) >= 11 is 1.92. The highest BCUT2D eigenvalue weighted by Crippen LogP contribution is 2.24. The van der Waals surface area contributed by atoms with Crippen molar-refractivity contribution in [2.45, 2.75) is 32.1 Å². The molecule has 0 unspecified atom stereocenters. The third kappa shape index (κ3) is 4.37. The van der Waals surface area contributed by atoms with Gasteiger partial charge in [0.05, 0.1) is 0 Å². The molecular weight excluding hydrogens is 296 g/mol. The predicted octanol–water partition coefficient (Wildman–Crippen LogP) is 3.01. The molecule has 2 amide bonds. The minimum Gasteiger partial charge on any atom is -0.335 e. The summed E-state index contributed by atoms with van der Waals surface area (Å²) < 4.78 is 0. The summed E-state index contributed by atoms with van der Waals surface area (Å²) in [7, 11) is 0. The van der Waals surface area contributed by atoms with Crippen LogP contribution in [-0.4, -0.2) is 40.3 Å². The first-order valence-electron chi connectivity index (χ1n) is 7.45. The highest BCUT2D eigenvalue weighted by atomic mass is 32.2. The number of carbonyl (C=O) groups is 2. The van der Waals surface area contributed by atoms with E-state index in [1.54, 1.807) is 6.08 Å². The number of carbonyl (C=O) groups excluding carboxylic acids is 2. The number of nitrogens with one attached hydrogen (secondary N) is 1. The first-order chi connectivity index (χ1) is 10.5. The van der Waals surface area contributed by atoms with Crippen molar-refractivity contribution in [3.63, 3.8) is 0 Å². The number of nitrogens with zero attached hydrogens (tertiary/aromatic N) is 1. The Kier molecular flexibility index (Phi) is 5.66.